The van der Waals surface area contributed by atoms with Crippen LogP contribution in [0.15, 0.2) is 11.6 Å². The Bertz CT molecular complexity index is 204. The van der Waals surface area contributed by atoms with Crippen molar-refractivity contribution in [2.24, 2.45) is 5.41 Å². The average Bonchev–Trinajstić information content (AvgIpc) is 2.22. The molecular weight excluding hydrogens is 162 g/mol. The Morgan fingerprint density at radius 1 is 1.54 bits per heavy atom. The molecule has 0 aromatic carbocycles. The van der Waals surface area contributed by atoms with Crippen molar-refractivity contribution in [2.75, 3.05) is 19.6 Å². The van der Waals surface area contributed by atoms with Crippen molar-refractivity contribution < 1.29 is 5.11 Å². The smallest absolute Gasteiger partial charge is 0.0730 e. The lowest BCUT2D eigenvalue weighted by Crippen LogP contribution is -2.26. The fourth-order valence-electron chi connectivity index (χ4n) is 1.69. The molecule has 76 valence electrons. The summed E-state index contributed by atoms with van der Waals surface area (Å²) in [5.41, 5.74) is 1.41. The molecular formula is C11H21NO. The first-order valence-corrected chi connectivity index (χ1v) is 4.95. The molecule has 1 rings (SSSR count). The largest absolute Gasteiger partial charge is 0.391 e. The quantitative estimate of drug-likeness (QED) is 0.658. The van der Waals surface area contributed by atoms with Gasteiger partial charge in [0.05, 0.1) is 6.10 Å². The highest BCUT2D eigenvalue weighted by atomic mass is 16.3. The highest BCUT2D eigenvalue weighted by Gasteiger charge is 2.37. The summed E-state index contributed by atoms with van der Waals surface area (Å²) >= 11 is 0. The lowest BCUT2D eigenvalue weighted by molar-refractivity contribution is 0.0956. The van der Waals surface area contributed by atoms with E-state index in [0.717, 1.165) is 19.6 Å². The minimum Gasteiger partial charge on any atom is -0.391 e. The zero-order valence-electron chi connectivity index (χ0n) is 9.17. The molecule has 1 unspecified atom stereocenters. The van der Waals surface area contributed by atoms with Crippen LogP contribution >= 0.6 is 0 Å². The van der Waals surface area contributed by atoms with Crippen molar-refractivity contribution in [3.8, 4) is 0 Å². The monoisotopic (exact) mass is 183 g/mol. The first kappa shape index (κ1) is 10.7. The van der Waals surface area contributed by atoms with Crippen LogP contribution in [0.2, 0.25) is 0 Å². The van der Waals surface area contributed by atoms with Gasteiger partial charge in [0, 0.05) is 25.0 Å². The van der Waals surface area contributed by atoms with Crippen molar-refractivity contribution in [1.29, 1.82) is 0 Å². The molecule has 13 heavy (non-hydrogen) atoms. The topological polar surface area (TPSA) is 23.5 Å². The predicted octanol–water partition coefficient (Wildman–Crippen LogP) is 1.66. The molecule has 2 heteroatoms. The Hall–Kier alpha value is -0.340. The van der Waals surface area contributed by atoms with Gasteiger partial charge in [-0.2, -0.15) is 0 Å². The summed E-state index contributed by atoms with van der Waals surface area (Å²) in [5.74, 6) is 0. The fraction of sp³-hybridized carbons (Fsp3) is 0.818. The van der Waals surface area contributed by atoms with E-state index in [-0.39, 0.29) is 11.5 Å². The van der Waals surface area contributed by atoms with Crippen molar-refractivity contribution in [1.82, 2.24) is 4.90 Å². The minimum absolute atomic E-state index is 0.0650. The third-order valence-electron chi connectivity index (χ3n) is 2.72. The molecule has 0 aromatic heterocycles. The summed E-state index contributed by atoms with van der Waals surface area (Å²) in [6.45, 7) is 11.3. The number of aliphatic hydroxyl groups excluding tert-OH is 1. The summed E-state index contributed by atoms with van der Waals surface area (Å²) < 4.78 is 0. The number of nitrogens with zero attached hydrogens (tertiary/aromatic N) is 1. The zero-order valence-corrected chi connectivity index (χ0v) is 9.17. The Kier molecular flexibility index (Phi) is 3.14. The molecule has 1 N–H and O–H groups in total. The number of aliphatic hydroxyl groups is 1. The molecule has 1 saturated heterocycles. The maximum atomic E-state index is 9.73. The predicted molar refractivity (Wildman–Crippen MR) is 55.7 cm³/mol. The average molecular weight is 183 g/mol. The van der Waals surface area contributed by atoms with Gasteiger partial charge in [0.1, 0.15) is 0 Å². The van der Waals surface area contributed by atoms with E-state index in [9.17, 15) is 5.11 Å². The van der Waals surface area contributed by atoms with Crippen LogP contribution in [0.5, 0.6) is 0 Å². The third kappa shape index (κ3) is 2.82. The molecule has 1 fully saturated rings. The Morgan fingerprint density at radius 2 is 2.15 bits per heavy atom. The zero-order chi connectivity index (χ0) is 10.1. The molecule has 0 aromatic rings. The first-order chi connectivity index (χ1) is 5.92. The normalized spacial score (nSPS) is 27.6. The van der Waals surface area contributed by atoms with Gasteiger partial charge in [0.2, 0.25) is 0 Å². The number of β-amino-alcohol motifs (C(OH)–C–C–N with tert-alkyl or cyclic N) is 1. The molecule has 0 amide bonds. The molecule has 2 nitrogen and oxygen atoms in total. The molecule has 1 aliphatic heterocycles. The van der Waals surface area contributed by atoms with Crippen molar-refractivity contribution in [3.05, 3.63) is 11.6 Å². The van der Waals surface area contributed by atoms with E-state index in [0.29, 0.717) is 0 Å². The molecule has 1 aliphatic rings. The standard InChI is InChI=1S/C11H21NO/c1-9(2)5-6-12-7-10(13)11(3,4)8-12/h5,10,13H,6-8H2,1-4H3. The summed E-state index contributed by atoms with van der Waals surface area (Å²) in [5, 5.41) is 9.73. The van der Waals surface area contributed by atoms with E-state index in [4.69, 9.17) is 0 Å². The van der Waals surface area contributed by atoms with Gasteiger partial charge < -0.3 is 5.11 Å². The molecule has 0 bridgehead atoms. The van der Waals surface area contributed by atoms with Gasteiger partial charge in [-0.1, -0.05) is 25.5 Å². The maximum Gasteiger partial charge on any atom is 0.0730 e. The van der Waals surface area contributed by atoms with Gasteiger partial charge in [0.15, 0.2) is 0 Å². The first-order valence-electron chi connectivity index (χ1n) is 4.95. The molecule has 0 aliphatic carbocycles. The van der Waals surface area contributed by atoms with Gasteiger partial charge in [0.25, 0.3) is 0 Å². The third-order valence-corrected chi connectivity index (χ3v) is 2.72. The van der Waals surface area contributed by atoms with Gasteiger partial charge in [-0.25, -0.2) is 0 Å². The lowest BCUT2D eigenvalue weighted by Gasteiger charge is -2.20. The van der Waals surface area contributed by atoms with Gasteiger partial charge in [-0.15, -0.1) is 0 Å². The van der Waals surface area contributed by atoms with E-state index in [1.165, 1.54) is 5.57 Å². The van der Waals surface area contributed by atoms with E-state index >= 15 is 0 Å². The SMILES string of the molecule is CC(C)=CCN1CC(O)C(C)(C)C1. The van der Waals surface area contributed by atoms with Gasteiger partial charge in [-0.05, 0) is 13.8 Å². The van der Waals surface area contributed by atoms with Crippen LogP contribution in [0.4, 0.5) is 0 Å². The van der Waals surface area contributed by atoms with E-state index in [1.54, 1.807) is 0 Å². The van der Waals surface area contributed by atoms with E-state index in [1.807, 2.05) is 0 Å². The Balaban J connectivity index is 2.45. The molecule has 1 atom stereocenters. The van der Waals surface area contributed by atoms with E-state index in [2.05, 4.69) is 38.7 Å². The van der Waals surface area contributed by atoms with Crippen LogP contribution in [0, 0.1) is 5.41 Å². The summed E-state index contributed by atoms with van der Waals surface area (Å²) in [7, 11) is 0. The van der Waals surface area contributed by atoms with Gasteiger partial charge >= 0.3 is 0 Å². The number of allylic oxidation sites excluding steroid dienone is 1. The summed E-state index contributed by atoms with van der Waals surface area (Å²) in [6, 6.07) is 0. The summed E-state index contributed by atoms with van der Waals surface area (Å²) in [4.78, 5) is 2.30. The highest BCUT2D eigenvalue weighted by Crippen LogP contribution is 2.29. The second-order valence-electron chi connectivity index (χ2n) is 4.98. The Labute approximate surface area is 81.2 Å². The van der Waals surface area contributed by atoms with Crippen LogP contribution < -0.4 is 0 Å². The fourth-order valence-corrected chi connectivity index (χ4v) is 1.69. The molecule has 0 spiro atoms. The van der Waals surface area contributed by atoms with Crippen LogP contribution in [0.25, 0.3) is 0 Å². The number of likely N-dealkylation sites (tertiary alicyclic amines) is 1. The molecule has 0 radical (unpaired) electrons. The Morgan fingerprint density at radius 3 is 2.54 bits per heavy atom. The van der Waals surface area contributed by atoms with Crippen molar-refractivity contribution >= 4 is 0 Å². The summed E-state index contributed by atoms with van der Waals surface area (Å²) in [6.07, 6.45) is 2.05. The number of hydrogen-bond donors (Lipinski definition) is 1. The van der Waals surface area contributed by atoms with Crippen molar-refractivity contribution in [2.45, 2.75) is 33.8 Å². The van der Waals surface area contributed by atoms with Crippen LogP contribution in [-0.4, -0.2) is 35.7 Å². The second-order valence-corrected chi connectivity index (χ2v) is 4.98. The maximum absolute atomic E-state index is 9.73. The molecule has 0 saturated carbocycles. The number of hydrogen-bond acceptors (Lipinski definition) is 2. The molecule has 1 heterocycles. The lowest BCUT2D eigenvalue weighted by atomic mass is 9.90. The van der Waals surface area contributed by atoms with Crippen LogP contribution in [0.3, 0.4) is 0 Å². The number of rotatable bonds is 2. The van der Waals surface area contributed by atoms with Gasteiger partial charge in [-0.3, -0.25) is 4.90 Å². The minimum atomic E-state index is -0.168. The van der Waals surface area contributed by atoms with Crippen molar-refractivity contribution in [3.63, 3.8) is 0 Å². The van der Waals surface area contributed by atoms with E-state index < -0.39 is 0 Å². The van der Waals surface area contributed by atoms with Crippen LogP contribution in [-0.2, 0) is 0 Å². The highest BCUT2D eigenvalue weighted by molar-refractivity contribution is 4.98. The van der Waals surface area contributed by atoms with Crippen LogP contribution in [0.1, 0.15) is 27.7 Å². The second kappa shape index (κ2) is 3.81.